The number of nitrogens with one attached hydrogen (secondary N) is 2. The number of carbonyl (C=O) groups excluding carboxylic acids is 2. The highest BCUT2D eigenvalue weighted by molar-refractivity contribution is 5.81. The molecule has 1 amide bonds. The van der Waals surface area contributed by atoms with E-state index < -0.39 is 6.10 Å². The minimum Gasteiger partial charge on any atom is -0.391 e. The first-order valence-corrected chi connectivity index (χ1v) is 16.8. The van der Waals surface area contributed by atoms with Crippen LogP contribution in [0.3, 0.4) is 0 Å². The van der Waals surface area contributed by atoms with Gasteiger partial charge in [0.25, 0.3) is 0 Å². The molecule has 0 aliphatic heterocycles. The highest BCUT2D eigenvalue weighted by Crippen LogP contribution is 2.22. The van der Waals surface area contributed by atoms with Crippen molar-refractivity contribution in [2.24, 2.45) is 11.3 Å². The third kappa shape index (κ3) is 47.6. The minimum absolute atomic E-state index is 0.0936. The first-order valence-electron chi connectivity index (χ1n) is 16.8. The minimum atomic E-state index is -0.587. The zero-order valence-electron chi connectivity index (χ0n) is 31.1. The molecule has 0 saturated heterocycles. The fourth-order valence-corrected chi connectivity index (χ4v) is 3.86. The highest BCUT2D eigenvalue weighted by Gasteiger charge is 2.18. The van der Waals surface area contributed by atoms with Gasteiger partial charge < -0.3 is 20.5 Å². The highest BCUT2D eigenvalue weighted by atomic mass is 16.3. The number of hydrogen-bond donors (Lipinski definition) is 3. The number of aliphatic hydroxyl groups is 1. The first-order chi connectivity index (χ1) is 21.8. The van der Waals surface area contributed by atoms with Crippen molar-refractivity contribution in [1.29, 1.82) is 0 Å². The average molecular weight is 641 g/mol. The molecule has 2 aliphatic rings. The molecule has 2 atom stereocenters. The van der Waals surface area contributed by atoms with E-state index in [0.717, 1.165) is 43.7 Å². The van der Waals surface area contributed by atoms with E-state index in [-0.39, 0.29) is 18.5 Å². The Labute approximate surface area is 286 Å². The summed E-state index contributed by atoms with van der Waals surface area (Å²) in [5, 5.41) is 15.6. The van der Waals surface area contributed by atoms with Crippen LogP contribution in [0.5, 0.6) is 0 Å². The van der Waals surface area contributed by atoms with Gasteiger partial charge in [0.1, 0.15) is 12.8 Å². The van der Waals surface area contributed by atoms with Crippen LogP contribution in [0.15, 0.2) is 61.4 Å². The molecule has 1 saturated carbocycles. The Kier molecular flexibility index (Phi) is 45.2. The van der Waals surface area contributed by atoms with Gasteiger partial charge in [0, 0.05) is 18.7 Å². The van der Waals surface area contributed by atoms with Gasteiger partial charge in [-0.05, 0) is 43.9 Å². The molecule has 0 bridgehead atoms. The molecule has 2 aliphatic carbocycles. The van der Waals surface area contributed by atoms with Crippen molar-refractivity contribution in [3.8, 4) is 25.2 Å². The van der Waals surface area contributed by atoms with Crippen LogP contribution in [0.2, 0.25) is 0 Å². The molecule has 0 aromatic heterocycles. The average Bonchev–Trinajstić information content (AvgIpc) is 3.29. The van der Waals surface area contributed by atoms with Crippen LogP contribution in [-0.4, -0.2) is 36.5 Å². The van der Waals surface area contributed by atoms with Crippen LogP contribution in [0.25, 0.3) is 0 Å². The predicted octanol–water partition coefficient (Wildman–Crippen LogP) is 9.90. The number of carbonyl (C=O) groups is 2. The summed E-state index contributed by atoms with van der Waals surface area (Å²) in [6, 6.07) is -0.279. The van der Waals surface area contributed by atoms with Gasteiger partial charge in [-0.25, -0.2) is 0 Å². The lowest BCUT2D eigenvalue weighted by Crippen LogP contribution is -2.45. The zero-order chi connectivity index (χ0) is 36.8. The predicted molar refractivity (Wildman–Crippen MR) is 205 cm³/mol. The Balaban J connectivity index is -0.000000176. The van der Waals surface area contributed by atoms with Crippen molar-refractivity contribution in [2.75, 3.05) is 6.54 Å². The van der Waals surface area contributed by atoms with Crippen LogP contribution in [0.4, 0.5) is 0 Å². The number of rotatable bonds is 11. The van der Waals surface area contributed by atoms with Crippen LogP contribution >= 0.6 is 0 Å². The van der Waals surface area contributed by atoms with E-state index in [9.17, 15) is 9.90 Å². The monoisotopic (exact) mass is 641 g/mol. The van der Waals surface area contributed by atoms with Gasteiger partial charge in [0.2, 0.25) is 5.91 Å². The fraction of sp³-hybridized carbons (Fsp3) is 0.610. The van der Waals surface area contributed by atoms with E-state index in [2.05, 4.69) is 128 Å². The van der Waals surface area contributed by atoms with E-state index in [1.165, 1.54) is 37.7 Å². The van der Waals surface area contributed by atoms with Gasteiger partial charge >= 0.3 is 0 Å². The molecule has 2 rings (SSSR count). The van der Waals surface area contributed by atoms with Crippen molar-refractivity contribution in [2.45, 2.75) is 145 Å². The summed E-state index contributed by atoms with van der Waals surface area (Å²) in [5.41, 5.74) is 2.74. The maximum Gasteiger partial charge on any atom is 0.242 e. The second-order valence-electron chi connectivity index (χ2n) is 12.7. The number of hydrogen-bond acceptors (Lipinski definition) is 4. The molecular formula is C41H72N2O3. The van der Waals surface area contributed by atoms with Gasteiger partial charge in [-0.3, -0.25) is 4.79 Å². The van der Waals surface area contributed by atoms with Crippen molar-refractivity contribution >= 4 is 12.7 Å². The lowest BCUT2D eigenvalue weighted by molar-refractivity contribution is -0.123. The van der Waals surface area contributed by atoms with Crippen molar-refractivity contribution in [1.82, 2.24) is 10.6 Å². The Bertz CT molecular complexity index is 838. The van der Waals surface area contributed by atoms with E-state index in [1.54, 1.807) is 0 Å². The van der Waals surface area contributed by atoms with Crippen molar-refractivity contribution in [3.05, 3.63) is 61.4 Å². The largest absolute Gasteiger partial charge is 0.391 e. The number of amides is 1. The van der Waals surface area contributed by atoms with E-state index in [4.69, 9.17) is 11.2 Å². The molecule has 0 heterocycles. The van der Waals surface area contributed by atoms with Gasteiger partial charge in [0.05, 0.1) is 6.10 Å². The van der Waals surface area contributed by atoms with Crippen LogP contribution < -0.4 is 10.6 Å². The summed E-state index contributed by atoms with van der Waals surface area (Å²) in [6.07, 6.45) is 36.2. The lowest BCUT2D eigenvalue weighted by atomic mass is 9.91. The van der Waals surface area contributed by atoms with Gasteiger partial charge in [0.15, 0.2) is 0 Å². The van der Waals surface area contributed by atoms with Crippen LogP contribution in [0, 0.1) is 36.5 Å². The van der Waals surface area contributed by atoms with Crippen molar-refractivity contribution in [3.63, 3.8) is 0 Å². The standard InChI is InChI=1S/C16H28N2O2.C8H10.C7H14.C5H12.C2H4.C2H2.CH2O/c1-5-8-11-14(19)12-17-16(20)15(10-7-3)18-13(4)9-6-2;1-8-6-4-2-3-5-7-8;1-7-5-3-2-4-6-7;1-5(2,3)4;3*1-2/h1,14-15,18-19H,4,6-12H2,2-3H3,(H,17,20);2-4,6-7H,5H2,1H3;7H,2-6H2,1H3;1-4H3;1-2H2;1-2H;1H2/t14?,15-;;;;;;/m0....../s1. The molecule has 1 unspecified atom stereocenters. The second-order valence-corrected chi connectivity index (χ2v) is 12.7. The second kappa shape index (κ2) is 39.7. The summed E-state index contributed by atoms with van der Waals surface area (Å²) in [4.78, 5) is 20.1. The third-order valence-corrected chi connectivity index (χ3v) is 6.03. The first kappa shape index (κ1) is 52.3. The van der Waals surface area contributed by atoms with Gasteiger partial charge in [-0.2, -0.15) is 0 Å². The number of aliphatic hydroxyl groups excluding tert-OH is 1. The molecule has 5 nitrogen and oxygen atoms in total. The van der Waals surface area contributed by atoms with Crippen molar-refractivity contribution < 1.29 is 14.7 Å². The SMILES string of the molecule is C#C.C#CCCC(O)CNC(=O)[C@H](CCC)NC(=C)CCC.C=C.C=O.CC(C)(C)C.CC1=CCC=CC=C1.CC1CCCCC1. The number of terminal acetylenes is 2. The molecular weight excluding hydrogens is 568 g/mol. The van der Waals surface area contributed by atoms with E-state index in [1.807, 2.05) is 13.7 Å². The Morgan fingerprint density at radius 3 is 2.02 bits per heavy atom. The van der Waals surface area contributed by atoms with Crippen LogP contribution in [0.1, 0.15) is 132 Å². The quantitative estimate of drug-likeness (QED) is 0.155. The van der Waals surface area contributed by atoms with E-state index in [0.29, 0.717) is 18.3 Å². The Morgan fingerprint density at radius 2 is 1.59 bits per heavy atom. The zero-order valence-corrected chi connectivity index (χ0v) is 31.1. The molecule has 0 aromatic carbocycles. The molecule has 264 valence electrons. The summed E-state index contributed by atoms with van der Waals surface area (Å²) in [7, 11) is 0. The molecule has 0 spiro atoms. The normalized spacial score (nSPS) is 14.2. The Hall–Kier alpha value is -3.28. The molecule has 0 aromatic rings. The third-order valence-electron chi connectivity index (χ3n) is 6.03. The molecule has 0 radical (unpaired) electrons. The van der Waals surface area contributed by atoms with Crippen LogP contribution in [-0.2, 0) is 9.59 Å². The number of allylic oxidation sites excluding steroid dienone is 7. The lowest BCUT2D eigenvalue weighted by Gasteiger charge is -2.21. The molecule has 1 fully saturated rings. The Morgan fingerprint density at radius 1 is 1.04 bits per heavy atom. The molecule has 5 heteroatoms. The van der Waals surface area contributed by atoms with E-state index >= 15 is 0 Å². The summed E-state index contributed by atoms with van der Waals surface area (Å²) < 4.78 is 0. The smallest absolute Gasteiger partial charge is 0.242 e. The molecule has 3 N–H and O–H groups in total. The maximum absolute atomic E-state index is 12.1. The van der Waals surface area contributed by atoms with Gasteiger partial charge in [-0.15, -0.1) is 38.3 Å². The molecule has 46 heavy (non-hydrogen) atoms. The van der Waals surface area contributed by atoms with Gasteiger partial charge in [-0.1, -0.05) is 136 Å². The maximum atomic E-state index is 12.1. The topological polar surface area (TPSA) is 78.4 Å². The summed E-state index contributed by atoms with van der Waals surface area (Å²) in [5.74, 6) is 3.42. The fourth-order valence-electron chi connectivity index (χ4n) is 3.86. The summed E-state index contributed by atoms with van der Waals surface area (Å²) >= 11 is 0. The summed E-state index contributed by atoms with van der Waals surface area (Å²) in [6.45, 7) is 29.5.